The van der Waals surface area contributed by atoms with E-state index in [1.54, 1.807) is 14.0 Å². The zero-order valence-electron chi connectivity index (χ0n) is 24.9. The van der Waals surface area contributed by atoms with Gasteiger partial charge in [-0.2, -0.15) is 0 Å². The molecule has 5 saturated carbocycles. The van der Waals surface area contributed by atoms with E-state index in [2.05, 4.69) is 48.1 Å². The molecule has 5 aliphatic rings. The van der Waals surface area contributed by atoms with Gasteiger partial charge in [0.25, 0.3) is 0 Å². The third kappa shape index (κ3) is 3.45. The van der Waals surface area contributed by atoms with Crippen molar-refractivity contribution in [3.05, 3.63) is 12.2 Å². The largest absolute Gasteiger partial charge is 0.469 e. The number of carbonyl (C=O) groups excluding carboxylic acids is 2. The van der Waals surface area contributed by atoms with Crippen LogP contribution in [-0.4, -0.2) is 25.2 Å². The SMILES string of the molecule is C=C(C)[C@@H]1CCC2(C(=O)OC)CC[C@]3(C)C(CCC4[C@@]5(C)CCC(OC(C)=O)C(C)(C)C5CC[C@]43C)C12. The minimum atomic E-state index is -0.322. The first kappa shape index (κ1) is 27.3. The predicted molar refractivity (Wildman–Crippen MR) is 147 cm³/mol. The second-order valence-electron chi connectivity index (χ2n) is 15.3. The van der Waals surface area contributed by atoms with E-state index in [-0.39, 0.29) is 45.1 Å². The zero-order chi connectivity index (χ0) is 27.2. The number of fused-ring (bicyclic) bond motifs is 7. The molecule has 6 unspecified atom stereocenters. The van der Waals surface area contributed by atoms with Gasteiger partial charge in [-0.25, -0.2) is 0 Å². The highest BCUT2D eigenvalue weighted by atomic mass is 16.5. The molecule has 0 aromatic heterocycles. The molecule has 5 fully saturated rings. The van der Waals surface area contributed by atoms with Crippen LogP contribution in [0, 0.1) is 56.7 Å². The van der Waals surface area contributed by atoms with Crippen LogP contribution in [0.15, 0.2) is 12.2 Å². The van der Waals surface area contributed by atoms with E-state index >= 15 is 0 Å². The Morgan fingerprint density at radius 3 is 2.11 bits per heavy atom. The van der Waals surface area contributed by atoms with Crippen molar-refractivity contribution >= 4 is 11.9 Å². The Labute approximate surface area is 225 Å². The predicted octanol–water partition coefficient (Wildman–Crippen LogP) is 7.75. The van der Waals surface area contributed by atoms with Crippen LogP contribution in [-0.2, 0) is 19.1 Å². The molecule has 4 heteroatoms. The molecule has 0 heterocycles. The molecule has 0 aromatic carbocycles. The van der Waals surface area contributed by atoms with Gasteiger partial charge in [-0.3, -0.25) is 9.59 Å². The maximum Gasteiger partial charge on any atom is 0.312 e. The lowest BCUT2D eigenvalue weighted by Crippen LogP contribution is -2.67. The van der Waals surface area contributed by atoms with Crippen molar-refractivity contribution in [1.82, 2.24) is 0 Å². The van der Waals surface area contributed by atoms with Crippen molar-refractivity contribution in [2.45, 2.75) is 119 Å². The van der Waals surface area contributed by atoms with Crippen molar-refractivity contribution < 1.29 is 19.1 Å². The third-order valence-corrected chi connectivity index (χ3v) is 13.9. The van der Waals surface area contributed by atoms with Crippen LogP contribution in [0.4, 0.5) is 0 Å². The monoisotopic (exact) mass is 512 g/mol. The summed E-state index contributed by atoms with van der Waals surface area (Å²) in [4.78, 5) is 25.3. The molecule has 0 aliphatic heterocycles. The van der Waals surface area contributed by atoms with Gasteiger partial charge in [0.1, 0.15) is 6.10 Å². The van der Waals surface area contributed by atoms with Gasteiger partial charge in [0.05, 0.1) is 12.5 Å². The van der Waals surface area contributed by atoms with Crippen LogP contribution in [0.1, 0.15) is 113 Å². The standard InChI is InChI=1S/C33H52O4/c1-20(2)22-12-17-33(28(35)36-9)19-18-31(7)23(27(22)33)10-11-25-30(6)15-14-26(37-21(3)34)29(4,5)24(30)13-16-32(25,31)8/h22-27H,1,10-19H2,2-9H3/t22-,23?,24?,25?,26?,27?,30-,31+,32+,33?/m0/s1. The first-order valence-corrected chi connectivity index (χ1v) is 15.1. The first-order chi connectivity index (χ1) is 17.2. The Kier molecular flexibility index (Phi) is 6.33. The van der Waals surface area contributed by atoms with Crippen molar-refractivity contribution in [2.75, 3.05) is 7.11 Å². The Morgan fingerprint density at radius 2 is 1.49 bits per heavy atom. The van der Waals surface area contributed by atoms with Crippen LogP contribution >= 0.6 is 0 Å². The summed E-state index contributed by atoms with van der Waals surface area (Å²) in [6, 6.07) is 0. The van der Waals surface area contributed by atoms with Gasteiger partial charge >= 0.3 is 11.9 Å². The molecule has 208 valence electrons. The average molecular weight is 513 g/mol. The Bertz CT molecular complexity index is 983. The molecule has 0 N–H and O–H groups in total. The number of rotatable bonds is 3. The normalized spacial score (nSPS) is 50.1. The van der Waals surface area contributed by atoms with Gasteiger partial charge in [0, 0.05) is 12.3 Å². The van der Waals surface area contributed by atoms with Gasteiger partial charge in [0.15, 0.2) is 0 Å². The fourth-order valence-electron chi connectivity index (χ4n) is 12.1. The maximum absolute atomic E-state index is 13.4. The third-order valence-electron chi connectivity index (χ3n) is 13.9. The lowest BCUT2D eigenvalue weighted by atomic mass is 9.32. The second-order valence-corrected chi connectivity index (χ2v) is 15.3. The summed E-state index contributed by atoms with van der Waals surface area (Å²) >= 11 is 0. The maximum atomic E-state index is 13.4. The number of allylic oxidation sites excluding steroid dienone is 1. The van der Waals surface area contributed by atoms with Crippen LogP contribution in [0.5, 0.6) is 0 Å². The highest BCUT2D eigenvalue weighted by Crippen LogP contribution is 2.77. The molecule has 4 nitrogen and oxygen atoms in total. The van der Waals surface area contributed by atoms with Crippen LogP contribution < -0.4 is 0 Å². The van der Waals surface area contributed by atoms with Gasteiger partial charge < -0.3 is 9.47 Å². The second kappa shape index (κ2) is 8.59. The molecule has 0 saturated heterocycles. The smallest absolute Gasteiger partial charge is 0.312 e. The van der Waals surface area contributed by atoms with Gasteiger partial charge in [0.2, 0.25) is 0 Å². The van der Waals surface area contributed by atoms with E-state index in [1.807, 2.05) is 0 Å². The number of ether oxygens (including phenoxy) is 2. The zero-order valence-corrected chi connectivity index (χ0v) is 24.9. The molecule has 10 atom stereocenters. The van der Waals surface area contributed by atoms with Crippen molar-refractivity contribution in [2.24, 2.45) is 56.7 Å². The molecular weight excluding hydrogens is 460 g/mol. The molecule has 0 radical (unpaired) electrons. The summed E-state index contributed by atoms with van der Waals surface area (Å²) < 4.78 is 11.4. The first-order valence-electron chi connectivity index (χ1n) is 15.1. The number of methoxy groups -OCH3 is 1. The summed E-state index contributed by atoms with van der Waals surface area (Å²) in [5.41, 5.74) is 1.63. The van der Waals surface area contributed by atoms with E-state index < -0.39 is 0 Å². The molecule has 0 amide bonds. The summed E-state index contributed by atoms with van der Waals surface area (Å²) in [6.45, 7) is 20.7. The molecule has 5 rings (SSSR count). The lowest BCUT2D eigenvalue weighted by molar-refractivity contribution is -0.250. The van der Waals surface area contributed by atoms with Crippen LogP contribution in [0.2, 0.25) is 0 Å². The van der Waals surface area contributed by atoms with Gasteiger partial charge in [-0.05, 0) is 117 Å². The number of carbonyl (C=O) groups is 2. The lowest BCUT2D eigenvalue weighted by Gasteiger charge is -2.72. The van der Waals surface area contributed by atoms with Gasteiger partial charge in [-0.15, -0.1) is 0 Å². The molecule has 0 bridgehead atoms. The number of esters is 2. The number of hydrogen-bond acceptors (Lipinski definition) is 4. The molecule has 37 heavy (non-hydrogen) atoms. The Balaban J connectivity index is 1.52. The fourth-order valence-corrected chi connectivity index (χ4v) is 12.1. The molecule has 0 spiro atoms. The van der Waals surface area contributed by atoms with E-state index in [1.165, 1.54) is 31.3 Å². The Morgan fingerprint density at radius 1 is 0.784 bits per heavy atom. The summed E-state index contributed by atoms with van der Waals surface area (Å²) in [5, 5.41) is 0. The van der Waals surface area contributed by atoms with Crippen molar-refractivity contribution in [3.63, 3.8) is 0 Å². The summed E-state index contributed by atoms with van der Waals surface area (Å²) in [5.74, 6) is 2.43. The Hall–Kier alpha value is -1.32. The highest BCUT2D eigenvalue weighted by molar-refractivity contribution is 5.78. The minimum Gasteiger partial charge on any atom is -0.469 e. The fraction of sp³-hybridized carbons (Fsp3) is 0.879. The minimum absolute atomic E-state index is 0.0130. The van der Waals surface area contributed by atoms with Crippen molar-refractivity contribution in [3.8, 4) is 0 Å². The van der Waals surface area contributed by atoms with E-state index in [4.69, 9.17) is 9.47 Å². The molecular formula is C33H52O4. The molecule has 5 aliphatic carbocycles. The number of hydrogen-bond donors (Lipinski definition) is 0. The van der Waals surface area contributed by atoms with E-state index in [9.17, 15) is 9.59 Å². The van der Waals surface area contributed by atoms with Crippen LogP contribution in [0.25, 0.3) is 0 Å². The summed E-state index contributed by atoms with van der Waals surface area (Å²) in [6.07, 6.45) is 11.1. The summed E-state index contributed by atoms with van der Waals surface area (Å²) in [7, 11) is 1.59. The molecule has 0 aromatic rings. The van der Waals surface area contributed by atoms with E-state index in [0.717, 1.165) is 38.5 Å². The average Bonchev–Trinajstić information content (AvgIpc) is 3.22. The quantitative estimate of drug-likeness (QED) is 0.286. The van der Waals surface area contributed by atoms with E-state index in [0.29, 0.717) is 29.6 Å². The van der Waals surface area contributed by atoms with Crippen LogP contribution in [0.3, 0.4) is 0 Å². The van der Waals surface area contributed by atoms with Crippen molar-refractivity contribution in [1.29, 1.82) is 0 Å². The topological polar surface area (TPSA) is 52.6 Å². The van der Waals surface area contributed by atoms with Gasteiger partial charge in [-0.1, -0.05) is 46.8 Å². The highest BCUT2D eigenvalue weighted by Gasteiger charge is 2.72.